The minimum absolute atomic E-state index is 0.282. The summed E-state index contributed by atoms with van der Waals surface area (Å²) in [6.45, 7) is 10.9. The van der Waals surface area contributed by atoms with Gasteiger partial charge in [0.15, 0.2) is 0 Å². The number of hydrogen-bond acceptors (Lipinski definition) is 4. The molecule has 0 aromatic rings. The molecule has 0 spiro atoms. The number of esters is 1. The average Bonchev–Trinajstić information content (AvgIpc) is 2.39. The van der Waals surface area contributed by atoms with Gasteiger partial charge in [-0.25, -0.2) is 9.59 Å². The molecule has 1 amide bonds. The molecular weight excluding hydrogens is 270 g/mol. The maximum atomic E-state index is 12.0. The first-order valence-corrected chi connectivity index (χ1v) is 7.96. The number of alkyl carbamates (subject to hydrolysis) is 1. The van der Waals surface area contributed by atoms with Crippen molar-refractivity contribution in [3.05, 3.63) is 0 Å². The third kappa shape index (κ3) is 11.1. The van der Waals surface area contributed by atoms with Crippen LogP contribution in [0, 0.1) is 11.8 Å². The Kier molecular flexibility index (Phi) is 10.7. The van der Waals surface area contributed by atoms with Crippen molar-refractivity contribution in [2.24, 2.45) is 11.8 Å². The third-order valence-electron chi connectivity index (χ3n) is 2.89. The van der Waals surface area contributed by atoms with Crippen LogP contribution in [0.2, 0.25) is 0 Å². The molecule has 0 bridgehead atoms. The topological polar surface area (TPSA) is 64.6 Å². The van der Waals surface area contributed by atoms with Gasteiger partial charge in [-0.05, 0) is 37.5 Å². The summed E-state index contributed by atoms with van der Waals surface area (Å²) in [6.07, 6.45) is 2.61. The first-order valence-electron chi connectivity index (χ1n) is 7.96. The molecule has 0 aliphatic heterocycles. The van der Waals surface area contributed by atoms with Crippen molar-refractivity contribution in [3.8, 4) is 0 Å². The van der Waals surface area contributed by atoms with E-state index < -0.39 is 12.1 Å². The van der Waals surface area contributed by atoms with E-state index in [0.29, 0.717) is 25.6 Å². The molecule has 1 unspecified atom stereocenters. The van der Waals surface area contributed by atoms with Crippen LogP contribution < -0.4 is 5.32 Å². The number of ether oxygens (including phenoxy) is 2. The van der Waals surface area contributed by atoms with Gasteiger partial charge >= 0.3 is 12.1 Å². The lowest BCUT2D eigenvalue weighted by Gasteiger charge is -2.19. The molecule has 0 fully saturated rings. The van der Waals surface area contributed by atoms with Crippen molar-refractivity contribution < 1.29 is 19.1 Å². The number of carbonyl (C=O) groups excluding carboxylic acids is 2. The van der Waals surface area contributed by atoms with E-state index in [0.717, 1.165) is 19.3 Å². The van der Waals surface area contributed by atoms with Gasteiger partial charge in [-0.1, -0.05) is 34.6 Å². The quantitative estimate of drug-likeness (QED) is 0.495. The Labute approximate surface area is 128 Å². The molecule has 0 radical (unpaired) electrons. The minimum atomic E-state index is -0.631. The van der Waals surface area contributed by atoms with Crippen LogP contribution in [0.4, 0.5) is 4.79 Å². The predicted molar refractivity (Wildman–Crippen MR) is 83.0 cm³/mol. The smallest absolute Gasteiger partial charge is 0.407 e. The van der Waals surface area contributed by atoms with Gasteiger partial charge < -0.3 is 14.8 Å². The monoisotopic (exact) mass is 301 g/mol. The van der Waals surface area contributed by atoms with Gasteiger partial charge in [0.05, 0.1) is 13.2 Å². The molecule has 124 valence electrons. The fourth-order valence-electron chi connectivity index (χ4n) is 1.83. The highest BCUT2D eigenvalue weighted by Crippen LogP contribution is 2.08. The SMILES string of the molecule is CCCOC(=O)NC(CC(C)C)C(=O)OCCCC(C)C. The van der Waals surface area contributed by atoms with Gasteiger partial charge in [-0.2, -0.15) is 0 Å². The van der Waals surface area contributed by atoms with Gasteiger partial charge in [0.2, 0.25) is 0 Å². The normalized spacial score (nSPS) is 12.3. The summed E-state index contributed by atoms with van der Waals surface area (Å²) in [7, 11) is 0. The van der Waals surface area contributed by atoms with Crippen molar-refractivity contribution in [3.63, 3.8) is 0 Å². The molecule has 0 saturated heterocycles. The van der Waals surface area contributed by atoms with Gasteiger partial charge in [-0.3, -0.25) is 0 Å². The number of carbonyl (C=O) groups is 2. The lowest BCUT2D eigenvalue weighted by atomic mass is 10.0. The minimum Gasteiger partial charge on any atom is -0.464 e. The van der Waals surface area contributed by atoms with Gasteiger partial charge in [0.25, 0.3) is 0 Å². The van der Waals surface area contributed by atoms with Crippen molar-refractivity contribution in [2.75, 3.05) is 13.2 Å². The molecule has 5 nitrogen and oxygen atoms in total. The molecule has 0 heterocycles. The molecule has 0 saturated carbocycles. The van der Waals surface area contributed by atoms with Gasteiger partial charge in [0.1, 0.15) is 6.04 Å². The molecule has 0 aromatic carbocycles. The zero-order valence-electron chi connectivity index (χ0n) is 14.1. The zero-order valence-corrected chi connectivity index (χ0v) is 14.1. The van der Waals surface area contributed by atoms with Crippen LogP contribution in [0.1, 0.15) is 60.3 Å². The maximum Gasteiger partial charge on any atom is 0.407 e. The Morgan fingerprint density at radius 1 is 1.00 bits per heavy atom. The lowest BCUT2D eigenvalue weighted by Crippen LogP contribution is -2.43. The van der Waals surface area contributed by atoms with Crippen molar-refractivity contribution in [1.29, 1.82) is 0 Å². The fraction of sp³-hybridized carbons (Fsp3) is 0.875. The number of amides is 1. The highest BCUT2D eigenvalue weighted by atomic mass is 16.6. The number of rotatable bonds is 10. The van der Waals surface area contributed by atoms with E-state index in [1.54, 1.807) is 0 Å². The molecule has 1 N–H and O–H groups in total. The van der Waals surface area contributed by atoms with Crippen LogP contribution in [0.3, 0.4) is 0 Å². The first-order chi connectivity index (χ1) is 9.86. The Balaban J connectivity index is 4.25. The predicted octanol–water partition coefficient (Wildman–Crippen LogP) is 3.52. The van der Waals surface area contributed by atoms with Crippen LogP contribution >= 0.6 is 0 Å². The summed E-state index contributed by atoms with van der Waals surface area (Å²) in [4.78, 5) is 23.6. The summed E-state index contributed by atoms with van der Waals surface area (Å²) in [5, 5.41) is 2.60. The fourth-order valence-corrected chi connectivity index (χ4v) is 1.83. The Hall–Kier alpha value is -1.26. The summed E-state index contributed by atoms with van der Waals surface area (Å²) in [6, 6.07) is -0.631. The largest absolute Gasteiger partial charge is 0.464 e. The Bertz CT molecular complexity index is 303. The molecule has 1 atom stereocenters. The lowest BCUT2D eigenvalue weighted by molar-refractivity contribution is -0.146. The zero-order chi connectivity index (χ0) is 16.3. The molecule has 0 rings (SSSR count). The highest BCUT2D eigenvalue weighted by molar-refractivity contribution is 5.81. The number of hydrogen-bond donors (Lipinski definition) is 1. The molecule has 0 aliphatic rings. The van der Waals surface area contributed by atoms with E-state index in [-0.39, 0.29) is 11.9 Å². The Morgan fingerprint density at radius 3 is 2.19 bits per heavy atom. The van der Waals surface area contributed by atoms with Crippen LogP contribution in [-0.2, 0) is 14.3 Å². The van der Waals surface area contributed by atoms with E-state index in [4.69, 9.17) is 9.47 Å². The Morgan fingerprint density at radius 2 is 1.67 bits per heavy atom. The molecular formula is C16H31NO4. The van der Waals surface area contributed by atoms with Gasteiger partial charge in [-0.15, -0.1) is 0 Å². The van der Waals surface area contributed by atoms with E-state index in [1.807, 2.05) is 20.8 Å². The van der Waals surface area contributed by atoms with E-state index in [1.165, 1.54) is 0 Å². The van der Waals surface area contributed by atoms with E-state index >= 15 is 0 Å². The van der Waals surface area contributed by atoms with Gasteiger partial charge in [0, 0.05) is 0 Å². The van der Waals surface area contributed by atoms with Crippen molar-refractivity contribution >= 4 is 12.1 Å². The van der Waals surface area contributed by atoms with Crippen LogP contribution in [0.5, 0.6) is 0 Å². The second-order valence-corrected chi connectivity index (χ2v) is 6.17. The molecule has 5 heteroatoms. The maximum absolute atomic E-state index is 12.0. The van der Waals surface area contributed by atoms with Crippen LogP contribution in [0.15, 0.2) is 0 Å². The highest BCUT2D eigenvalue weighted by Gasteiger charge is 2.23. The number of nitrogens with one attached hydrogen (secondary N) is 1. The second-order valence-electron chi connectivity index (χ2n) is 6.17. The van der Waals surface area contributed by atoms with Crippen molar-refractivity contribution in [1.82, 2.24) is 5.32 Å². The average molecular weight is 301 g/mol. The van der Waals surface area contributed by atoms with Crippen LogP contribution in [0.25, 0.3) is 0 Å². The third-order valence-corrected chi connectivity index (χ3v) is 2.89. The summed E-state index contributed by atoms with van der Waals surface area (Å²) >= 11 is 0. The summed E-state index contributed by atoms with van der Waals surface area (Å²) in [5.74, 6) is 0.503. The second kappa shape index (κ2) is 11.4. The molecule has 0 aromatic heterocycles. The standard InChI is InChI=1S/C16H31NO4/c1-6-9-21-16(19)17-14(11-13(4)5)15(18)20-10-7-8-12(2)3/h12-14H,6-11H2,1-5H3,(H,17,19). The summed E-state index contributed by atoms with van der Waals surface area (Å²) in [5.41, 5.74) is 0. The molecule has 21 heavy (non-hydrogen) atoms. The van der Waals surface area contributed by atoms with Crippen molar-refractivity contribution in [2.45, 2.75) is 66.3 Å². The van der Waals surface area contributed by atoms with E-state index in [9.17, 15) is 9.59 Å². The van der Waals surface area contributed by atoms with Crippen LogP contribution in [-0.4, -0.2) is 31.3 Å². The summed E-state index contributed by atoms with van der Waals surface area (Å²) < 4.78 is 10.2. The first kappa shape index (κ1) is 19.7. The van der Waals surface area contributed by atoms with E-state index in [2.05, 4.69) is 19.2 Å². The molecule has 0 aliphatic carbocycles.